The van der Waals surface area contributed by atoms with Crippen molar-refractivity contribution >= 4 is 27.5 Å². The van der Waals surface area contributed by atoms with Crippen LogP contribution in [-0.2, 0) is 0 Å². The summed E-state index contributed by atoms with van der Waals surface area (Å²) < 4.78 is 2.83. The van der Waals surface area contributed by atoms with Crippen LogP contribution in [-0.4, -0.2) is 9.55 Å². The highest BCUT2D eigenvalue weighted by molar-refractivity contribution is 9.10. The maximum atomic E-state index is 8.82. The van der Waals surface area contributed by atoms with E-state index < -0.39 is 0 Å². The molecule has 2 aromatic carbocycles. The average Bonchev–Trinajstić information content (AvgIpc) is 2.99. The molecule has 3 aromatic rings. The zero-order valence-corrected chi connectivity index (χ0v) is 13.1. The van der Waals surface area contributed by atoms with Gasteiger partial charge in [-0.15, -0.1) is 0 Å². The van der Waals surface area contributed by atoms with E-state index in [1.165, 1.54) is 0 Å². The summed E-state index contributed by atoms with van der Waals surface area (Å²) in [5.74, 6) is 0. The lowest BCUT2D eigenvalue weighted by Crippen LogP contribution is -1.90. The molecule has 0 aliphatic carbocycles. The molecule has 0 aliphatic heterocycles. The van der Waals surface area contributed by atoms with E-state index in [-0.39, 0.29) is 0 Å². The van der Waals surface area contributed by atoms with Crippen LogP contribution < -0.4 is 0 Å². The number of nitriles is 1. The Balaban J connectivity index is 1.99. The predicted octanol–water partition coefficient (Wildman–Crippen LogP) is 4.83. The van der Waals surface area contributed by atoms with Crippen molar-refractivity contribution in [2.45, 2.75) is 0 Å². The van der Waals surface area contributed by atoms with Gasteiger partial charge < -0.3 is 4.57 Å². The molecule has 3 rings (SSSR count). The van der Waals surface area contributed by atoms with Gasteiger partial charge >= 0.3 is 0 Å². The zero-order chi connectivity index (χ0) is 14.8. The van der Waals surface area contributed by atoms with E-state index in [0.717, 1.165) is 21.4 Å². The van der Waals surface area contributed by atoms with Gasteiger partial charge in [0.1, 0.15) is 0 Å². The van der Waals surface area contributed by atoms with Gasteiger partial charge in [0.15, 0.2) is 0 Å². The van der Waals surface area contributed by atoms with Crippen LogP contribution in [0.2, 0.25) is 5.02 Å². The Labute approximate surface area is 135 Å². The normalized spacial score (nSPS) is 10.3. The standard InChI is InChI=1S/C16H9BrClN3/c17-13-5-6-14(18)16(7-13)21-9-15(20-10-21)12-3-1-11(8-19)2-4-12/h1-7,9-10H. The highest BCUT2D eigenvalue weighted by Gasteiger charge is 2.07. The smallest absolute Gasteiger partial charge is 0.1000 e. The molecule has 0 fully saturated rings. The first-order valence-corrected chi connectivity index (χ1v) is 7.34. The number of nitrogens with zero attached hydrogens (tertiary/aromatic N) is 3. The Morgan fingerprint density at radius 2 is 1.90 bits per heavy atom. The second kappa shape index (κ2) is 5.72. The third-order valence-electron chi connectivity index (χ3n) is 3.08. The van der Waals surface area contributed by atoms with Crippen molar-refractivity contribution < 1.29 is 0 Å². The van der Waals surface area contributed by atoms with Crippen molar-refractivity contribution in [1.29, 1.82) is 5.26 Å². The van der Waals surface area contributed by atoms with Crippen LogP contribution in [0.5, 0.6) is 0 Å². The molecular weight excluding hydrogens is 350 g/mol. The van der Waals surface area contributed by atoms with Crippen LogP contribution in [0, 0.1) is 11.3 Å². The van der Waals surface area contributed by atoms with Crippen molar-refractivity contribution in [3.05, 3.63) is 70.0 Å². The second-order valence-electron chi connectivity index (χ2n) is 4.45. The fraction of sp³-hybridized carbons (Fsp3) is 0. The Bertz CT molecular complexity index is 831. The van der Waals surface area contributed by atoms with Crippen molar-refractivity contribution in [3.8, 4) is 23.0 Å². The Hall–Kier alpha value is -2.09. The molecule has 0 aliphatic rings. The van der Waals surface area contributed by atoms with Crippen LogP contribution in [0.1, 0.15) is 5.56 Å². The van der Waals surface area contributed by atoms with E-state index >= 15 is 0 Å². The predicted molar refractivity (Wildman–Crippen MR) is 86.4 cm³/mol. The number of hydrogen-bond acceptors (Lipinski definition) is 2. The van der Waals surface area contributed by atoms with Gasteiger partial charge in [0.25, 0.3) is 0 Å². The SMILES string of the molecule is N#Cc1ccc(-c2cn(-c3cc(Br)ccc3Cl)cn2)cc1. The summed E-state index contributed by atoms with van der Waals surface area (Å²) in [6, 6.07) is 15.1. The summed E-state index contributed by atoms with van der Waals surface area (Å²) in [6.45, 7) is 0. The third-order valence-corrected chi connectivity index (χ3v) is 3.89. The Morgan fingerprint density at radius 3 is 2.62 bits per heavy atom. The van der Waals surface area contributed by atoms with Crippen LogP contribution >= 0.6 is 27.5 Å². The molecule has 0 bridgehead atoms. The van der Waals surface area contributed by atoms with E-state index in [1.807, 2.05) is 41.1 Å². The number of rotatable bonds is 2. The zero-order valence-electron chi connectivity index (χ0n) is 10.8. The van der Waals surface area contributed by atoms with Gasteiger partial charge in [0, 0.05) is 16.2 Å². The molecule has 21 heavy (non-hydrogen) atoms. The van der Waals surface area contributed by atoms with E-state index in [2.05, 4.69) is 27.0 Å². The van der Waals surface area contributed by atoms with Crippen molar-refractivity contribution in [2.24, 2.45) is 0 Å². The molecular formula is C16H9BrClN3. The molecule has 1 aromatic heterocycles. The summed E-state index contributed by atoms with van der Waals surface area (Å²) >= 11 is 9.66. The summed E-state index contributed by atoms with van der Waals surface area (Å²) in [6.07, 6.45) is 3.64. The molecule has 0 radical (unpaired) electrons. The first kappa shape index (κ1) is 13.9. The quantitative estimate of drug-likeness (QED) is 0.658. The summed E-state index contributed by atoms with van der Waals surface area (Å²) in [7, 11) is 0. The van der Waals surface area contributed by atoms with Crippen molar-refractivity contribution in [3.63, 3.8) is 0 Å². The maximum Gasteiger partial charge on any atom is 0.1000 e. The topological polar surface area (TPSA) is 41.6 Å². The van der Waals surface area contributed by atoms with Gasteiger partial charge in [-0.3, -0.25) is 0 Å². The molecule has 0 amide bonds. The molecule has 1 heterocycles. The lowest BCUT2D eigenvalue weighted by Gasteiger charge is -2.05. The largest absolute Gasteiger partial charge is 0.304 e. The van der Waals surface area contributed by atoms with Gasteiger partial charge in [-0.05, 0) is 30.3 Å². The molecule has 3 nitrogen and oxygen atoms in total. The minimum atomic E-state index is 0.633. The average molecular weight is 359 g/mol. The number of hydrogen-bond donors (Lipinski definition) is 0. The number of benzene rings is 2. The van der Waals surface area contributed by atoms with Crippen LogP contribution in [0.25, 0.3) is 16.9 Å². The molecule has 0 atom stereocenters. The van der Waals surface area contributed by atoms with Gasteiger partial charge in [-0.1, -0.05) is 39.7 Å². The van der Waals surface area contributed by atoms with Crippen molar-refractivity contribution in [2.75, 3.05) is 0 Å². The number of imidazole rings is 1. The van der Waals surface area contributed by atoms with Gasteiger partial charge in [0.05, 0.1) is 34.4 Å². The lowest BCUT2D eigenvalue weighted by atomic mass is 10.1. The van der Waals surface area contributed by atoms with Gasteiger partial charge in [0.2, 0.25) is 0 Å². The lowest BCUT2D eigenvalue weighted by molar-refractivity contribution is 1.06. The fourth-order valence-corrected chi connectivity index (χ4v) is 2.57. The van der Waals surface area contributed by atoms with Crippen LogP contribution in [0.4, 0.5) is 0 Å². The fourth-order valence-electron chi connectivity index (χ4n) is 2.00. The van der Waals surface area contributed by atoms with Crippen LogP contribution in [0.15, 0.2) is 59.5 Å². The van der Waals surface area contributed by atoms with E-state index in [4.69, 9.17) is 16.9 Å². The summed E-state index contributed by atoms with van der Waals surface area (Å²) in [5, 5.41) is 9.47. The molecule has 0 saturated carbocycles. The Morgan fingerprint density at radius 1 is 1.14 bits per heavy atom. The van der Waals surface area contributed by atoms with E-state index in [0.29, 0.717) is 10.6 Å². The summed E-state index contributed by atoms with van der Waals surface area (Å²) in [4.78, 5) is 4.40. The number of halogens is 2. The third kappa shape index (κ3) is 2.85. The molecule has 0 unspecified atom stereocenters. The van der Waals surface area contributed by atoms with E-state index in [9.17, 15) is 0 Å². The van der Waals surface area contributed by atoms with E-state index in [1.54, 1.807) is 18.5 Å². The summed E-state index contributed by atoms with van der Waals surface area (Å²) in [5.41, 5.74) is 3.28. The first-order valence-electron chi connectivity index (χ1n) is 6.17. The molecule has 0 N–H and O–H groups in total. The maximum absolute atomic E-state index is 8.82. The van der Waals surface area contributed by atoms with Gasteiger partial charge in [-0.2, -0.15) is 5.26 Å². The molecule has 0 saturated heterocycles. The Kier molecular flexibility index (Phi) is 3.78. The molecule has 5 heteroatoms. The first-order chi connectivity index (χ1) is 10.2. The number of aromatic nitrogens is 2. The minimum Gasteiger partial charge on any atom is -0.304 e. The van der Waals surface area contributed by atoms with Crippen LogP contribution in [0.3, 0.4) is 0 Å². The highest BCUT2D eigenvalue weighted by atomic mass is 79.9. The van der Waals surface area contributed by atoms with Crippen molar-refractivity contribution in [1.82, 2.24) is 9.55 Å². The molecule has 0 spiro atoms. The molecule has 102 valence electrons. The monoisotopic (exact) mass is 357 g/mol. The highest BCUT2D eigenvalue weighted by Crippen LogP contribution is 2.26. The minimum absolute atomic E-state index is 0.633. The van der Waals surface area contributed by atoms with Gasteiger partial charge in [-0.25, -0.2) is 4.98 Å². The second-order valence-corrected chi connectivity index (χ2v) is 5.77.